The van der Waals surface area contributed by atoms with E-state index in [9.17, 15) is 19.2 Å². The Morgan fingerprint density at radius 2 is 0.388 bits per heavy atom. The standard InChI is InChI=1S/C106H248N34O5Si2/c107-36-3-56-127(57-4-37-108)72-21-80-135(81-22-73-128(58-5-38-109)59-6-39-110)88-29-92-139(93-30-89-136(82-23-74-129(60-7-40-111)61-8-41-112)83-24-75-130(62-9-42-113)63-10-43-114)96-33-97-140-94-31-90-137(84-25-76-131(64-11-44-115)65-12-45-116)86-27-78-133(68-15-48-119)70-17-52-124-103-123-51-2-35-105-100-106(34-1-50-121-54-19-98-146(141,142)145-147(143,144)99-20-55-122-101-105)102-126-104-125-53-18-71-134(69-16-49-120)79-28-87-138(91-32-95-140)85-26-77-132(66-13-46-117)67-14-47-118/h105-106,121-126,141-144H,1-104,107-120H2. The van der Waals surface area contributed by atoms with Gasteiger partial charge in [0.2, 0.25) is 0 Å². The van der Waals surface area contributed by atoms with Crippen LogP contribution in [0.25, 0.3) is 0 Å². The first-order chi connectivity index (χ1) is 71.9. The fourth-order valence-corrected chi connectivity index (χ4v) is 25.4. The molecule has 0 aliphatic carbocycles. The molecule has 0 saturated carbocycles. The van der Waals surface area contributed by atoms with Crippen LogP contribution in [0.2, 0.25) is 12.1 Å². The molecule has 2 bridgehead atoms. The van der Waals surface area contributed by atoms with Gasteiger partial charge in [-0.15, -0.1) is 0 Å². The molecule has 0 aromatic heterocycles. The summed E-state index contributed by atoms with van der Waals surface area (Å²) in [6.45, 7) is 61.8. The molecule has 41 heteroatoms. The van der Waals surface area contributed by atoms with Crippen LogP contribution in [0.15, 0.2) is 0 Å². The van der Waals surface area contributed by atoms with Crippen LogP contribution >= 0.6 is 0 Å². The summed E-state index contributed by atoms with van der Waals surface area (Å²) in [6, 6.07) is 0.0393. The number of nitrogens with one attached hydrogen (secondary N) is 6. The summed E-state index contributed by atoms with van der Waals surface area (Å²) in [7, 11) is -8.47. The Kier molecular flexibility index (Phi) is 100. The number of rotatable bonds is 78. The third-order valence-corrected chi connectivity index (χ3v) is 34.1. The van der Waals surface area contributed by atoms with Gasteiger partial charge in [-0.1, -0.05) is 0 Å². The van der Waals surface area contributed by atoms with Crippen LogP contribution in [-0.2, 0) is 4.12 Å². The Labute approximate surface area is 904 Å². The van der Waals surface area contributed by atoms with Crippen molar-refractivity contribution in [3.63, 3.8) is 0 Å². The number of hydrogen-bond acceptors (Lipinski definition) is 39. The average molecular weight is 2140 g/mol. The highest BCUT2D eigenvalue weighted by atomic mass is 28.5. The number of nitrogens with two attached hydrogens (primary N) is 14. The zero-order valence-corrected chi connectivity index (χ0v) is 97.2. The normalized spacial score (nSPS) is 19.1. The summed E-state index contributed by atoms with van der Waals surface area (Å²) >= 11 is 0. The Morgan fingerprint density at radius 1 is 0.204 bits per heavy atom. The smallest absolute Gasteiger partial charge is 0.390 e. The molecule has 0 aromatic rings. The van der Waals surface area contributed by atoms with E-state index >= 15 is 0 Å². The number of nitrogens with zero attached hydrogens (tertiary/aromatic N) is 14. The lowest BCUT2D eigenvalue weighted by atomic mass is 9.88. The number of hydrogen-bond donors (Lipinski definition) is 24. The molecule has 2 rings (SSSR count). The first-order valence-electron chi connectivity index (χ1n) is 60.7. The monoisotopic (exact) mass is 2130 g/mol. The van der Waals surface area contributed by atoms with Gasteiger partial charge in [-0.3, -0.25) is 0 Å². The molecule has 0 amide bonds. The van der Waals surface area contributed by atoms with Gasteiger partial charge in [-0.25, -0.2) is 0 Å². The predicted octanol–water partition coefficient (Wildman–Crippen LogP) is -0.744. The molecule has 38 N–H and O–H groups in total. The van der Waals surface area contributed by atoms with Crippen LogP contribution in [-0.4, -0.2) is 538 Å². The van der Waals surface area contributed by atoms with E-state index in [1.54, 1.807) is 0 Å². The molecule has 147 heavy (non-hydrogen) atoms. The lowest BCUT2D eigenvalue weighted by Gasteiger charge is -2.31. The first-order valence-corrected chi connectivity index (χ1v) is 64.7. The predicted molar refractivity (Wildman–Crippen MR) is 629 cm³/mol. The van der Waals surface area contributed by atoms with Gasteiger partial charge in [0.1, 0.15) is 0 Å². The molecule has 2 saturated heterocycles. The summed E-state index contributed by atoms with van der Waals surface area (Å²) in [4.78, 5) is 81.2. The SMILES string of the molecule is NCCCN(CCCN)CCCN(CCCN(CCCN)CCCN)CCCN(CCCN(CCCN(CCCN)CCCN)CCCN(CCCN)CCCN)CCCN1CCCN(CCCN(CCCN)CCCN)CCCN(CCCN)CCCNCNCCCC2CNCCC[Si](O)(O)O[Si](O)(O)CCCNCCCC(CNCNCCCN(CCCN)CCCN(CCCN(CCCN)CCCN)CCC1)C2. The van der Waals surface area contributed by atoms with Crippen molar-refractivity contribution in [2.45, 2.75) is 243 Å². The molecule has 0 radical (unpaired) electrons. The van der Waals surface area contributed by atoms with Crippen LogP contribution < -0.4 is 112 Å². The fraction of sp³-hybridized carbons (Fsp3) is 1.00. The summed E-state index contributed by atoms with van der Waals surface area (Å²) in [6.07, 6.45) is 36.9. The largest absolute Gasteiger partial charge is 0.488 e. The van der Waals surface area contributed by atoms with Gasteiger partial charge < -0.3 is 204 Å². The van der Waals surface area contributed by atoms with Gasteiger partial charge >= 0.3 is 17.6 Å². The van der Waals surface area contributed by atoms with Crippen molar-refractivity contribution in [2.75, 3.05) is 432 Å². The van der Waals surface area contributed by atoms with Crippen LogP contribution in [0, 0.1) is 11.8 Å². The molecular formula is C106H248N34O5Si2. The van der Waals surface area contributed by atoms with E-state index in [1.807, 2.05) is 0 Å². The molecule has 2 aliphatic heterocycles. The van der Waals surface area contributed by atoms with E-state index in [4.69, 9.17) is 84.4 Å². The molecule has 2 heterocycles. The van der Waals surface area contributed by atoms with Gasteiger partial charge in [0, 0.05) is 25.4 Å². The first kappa shape index (κ1) is 142. The second-order valence-electron chi connectivity index (χ2n) is 42.9. The molecule has 2 fully saturated rings. The summed E-state index contributed by atoms with van der Waals surface area (Å²) in [5.74, 6) is 0.895. The fourth-order valence-electron chi connectivity index (χ4n) is 21.2. The van der Waals surface area contributed by atoms with E-state index in [2.05, 4.69) is 100 Å². The van der Waals surface area contributed by atoms with Crippen molar-refractivity contribution >= 4 is 17.6 Å². The second-order valence-corrected chi connectivity index (χ2v) is 47.7. The molecular weight excluding hydrogens is 1890 g/mol. The Morgan fingerprint density at radius 3 is 0.633 bits per heavy atom. The van der Waals surface area contributed by atoms with E-state index in [-0.39, 0.29) is 12.1 Å². The minimum atomic E-state index is -4.25. The minimum Gasteiger partial charge on any atom is -0.390 e. The molecule has 2 atom stereocenters. The van der Waals surface area contributed by atoms with Crippen molar-refractivity contribution in [3.05, 3.63) is 0 Å². The van der Waals surface area contributed by atoms with Crippen molar-refractivity contribution in [1.29, 1.82) is 0 Å². The van der Waals surface area contributed by atoms with Crippen molar-refractivity contribution < 1.29 is 23.3 Å². The van der Waals surface area contributed by atoms with Crippen LogP contribution in [0.5, 0.6) is 0 Å². The molecule has 0 aromatic carbocycles. The summed E-state index contributed by atoms with van der Waals surface area (Å²) in [5.41, 5.74) is 86.5. The van der Waals surface area contributed by atoms with Crippen molar-refractivity contribution in [2.24, 2.45) is 92.1 Å². The minimum absolute atomic E-state index is 0.0148. The van der Waals surface area contributed by atoms with E-state index in [0.717, 1.165) is 546 Å². The highest BCUT2D eigenvalue weighted by Gasteiger charge is 2.45. The van der Waals surface area contributed by atoms with Crippen LogP contribution in [0.3, 0.4) is 0 Å². The summed E-state index contributed by atoms with van der Waals surface area (Å²) < 4.78 is 5.32. The van der Waals surface area contributed by atoms with Gasteiger partial charge in [0.25, 0.3) is 0 Å². The van der Waals surface area contributed by atoms with Gasteiger partial charge in [-0.05, 0) is 662 Å². The average Bonchev–Trinajstić information content (AvgIpc) is 0.863. The van der Waals surface area contributed by atoms with Crippen molar-refractivity contribution in [3.8, 4) is 0 Å². The Balaban J connectivity index is 2.89. The molecule has 39 nitrogen and oxygen atoms in total. The summed E-state index contributed by atoms with van der Waals surface area (Å²) in [5, 5.41) is 22.4. The highest BCUT2D eigenvalue weighted by molar-refractivity contribution is 6.72. The van der Waals surface area contributed by atoms with Crippen molar-refractivity contribution in [1.82, 2.24) is 100 Å². The zero-order chi connectivity index (χ0) is 107. The van der Waals surface area contributed by atoms with E-state index < -0.39 is 17.6 Å². The molecule has 2 unspecified atom stereocenters. The molecule has 2 aliphatic rings. The van der Waals surface area contributed by atoms with E-state index in [1.165, 1.54) is 0 Å². The second kappa shape index (κ2) is 104. The maximum Gasteiger partial charge on any atom is 0.488 e. The van der Waals surface area contributed by atoms with Crippen LogP contribution in [0.4, 0.5) is 0 Å². The number of fused-ring (bicyclic) bond motifs is 2. The maximum atomic E-state index is 10.8. The molecule has 0 spiro atoms. The third kappa shape index (κ3) is 86.5. The third-order valence-electron chi connectivity index (χ3n) is 29.5. The highest BCUT2D eigenvalue weighted by Crippen LogP contribution is 2.23. The van der Waals surface area contributed by atoms with Gasteiger partial charge in [0.05, 0.1) is 0 Å². The maximum absolute atomic E-state index is 10.8. The van der Waals surface area contributed by atoms with E-state index in [0.29, 0.717) is 129 Å². The quantitative estimate of drug-likeness (QED) is 0.0333. The lowest BCUT2D eigenvalue weighted by molar-refractivity contribution is 0.153. The molecule has 880 valence electrons. The Bertz CT molecular complexity index is 2520. The topological polar surface area (TPSA) is 572 Å². The van der Waals surface area contributed by atoms with Crippen LogP contribution in [0.1, 0.15) is 231 Å². The van der Waals surface area contributed by atoms with Gasteiger partial charge in [-0.2, -0.15) is 0 Å². The van der Waals surface area contributed by atoms with Gasteiger partial charge in [0.15, 0.2) is 0 Å². The Hall–Kier alpha value is -1.13. The zero-order valence-electron chi connectivity index (χ0n) is 95.2. The lowest BCUT2D eigenvalue weighted by Crippen LogP contribution is -2.53.